The van der Waals surface area contributed by atoms with Crippen molar-refractivity contribution >= 4 is 11.7 Å². The van der Waals surface area contributed by atoms with Crippen molar-refractivity contribution in [3.63, 3.8) is 0 Å². The number of unbranched alkanes of at least 4 members (excludes halogenated alkanes) is 1. The molecule has 0 radical (unpaired) electrons. The zero-order valence-electron chi connectivity index (χ0n) is 10.4. The van der Waals surface area contributed by atoms with E-state index in [1.165, 1.54) is 0 Å². The van der Waals surface area contributed by atoms with Crippen molar-refractivity contribution in [2.24, 2.45) is 10.9 Å². The minimum absolute atomic E-state index is 0.121. The van der Waals surface area contributed by atoms with Crippen molar-refractivity contribution in [1.29, 1.82) is 0 Å². The number of rotatable bonds is 6. The second kappa shape index (κ2) is 7.26. The molecule has 0 atom stereocenters. The molecule has 1 aromatic rings. The maximum atomic E-state index is 11.8. The van der Waals surface area contributed by atoms with E-state index in [1.807, 2.05) is 0 Å². The third-order valence-electron chi connectivity index (χ3n) is 2.53. The van der Waals surface area contributed by atoms with E-state index in [-0.39, 0.29) is 11.7 Å². The van der Waals surface area contributed by atoms with E-state index in [9.17, 15) is 4.79 Å². The molecule has 1 rings (SSSR count). The number of aromatic nitrogens is 1. The summed E-state index contributed by atoms with van der Waals surface area (Å²) in [6, 6.07) is 3.48. The Bertz CT molecular complexity index is 432. The predicted molar refractivity (Wildman–Crippen MR) is 68.6 cm³/mol. The van der Waals surface area contributed by atoms with Crippen LogP contribution in [0.3, 0.4) is 0 Å². The van der Waals surface area contributed by atoms with Crippen molar-refractivity contribution in [3.05, 3.63) is 29.6 Å². The first-order valence-corrected chi connectivity index (χ1v) is 5.81. The quantitative estimate of drug-likeness (QED) is 0.231. The fraction of sp³-hybridized carbons (Fsp3) is 0.417. The Kier molecular flexibility index (Phi) is 5.63. The molecule has 1 aromatic heterocycles. The van der Waals surface area contributed by atoms with Gasteiger partial charge in [0.15, 0.2) is 0 Å². The molecule has 0 unspecified atom stereocenters. The average molecular weight is 250 g/mol. The van der Waals surface area contributed by atoms with Gasteiger partial charge in [0.1, 0.15) is 5.84 Å². The zero-order valence-corrected chi connectivity index (χ0v) is 10.4. The van der Waals surface area contributed by atoms with Gasteiger partial charge in [-0.1, -0.05) is 5.16 Å². The molecule has 18 heavy (non-hydrogen) atoms. The van der Waals surface area contributed by atoms with Crippen molar-refractivity contribution in [3.8, 4) is 0 Å². The van der Waals surface area contributed by atoms with Crippen LogP contribution in [0.4, 0.5) is 0 Å². The highest BCUT2D eigenvalue weighted by atomic mass is 16.4. The Morgan fingerprint density at radius 3 is 3.00 bits per heavy atom. The van der Waals surface area contributed by atoms with Crippen LogP contribution in [-0.2, 0) is 0 Å². The number of amides is 1. The number of hydrogen-bond donors (Lipinski definition) is 3. The third kappa shape index (κ3) is 4.40. The summed E-state index contributed by atoms with van der Waals surface area (Å²) in [7, 11) is 0. The number of aryl methyl sites for hydroxylation is 1. The Morgan fingerprint density at radius 1 is 1.56 bits per heavy atom. The number of carbonyl (C=O) groups is 1. The first-order valence-electron chi connectivity index (χ1n) is 5.81. The first kappa shape index (κ1) is 14.0. The summed E-state index contributed by atoms with van der Waals surface area (Å²) in [5.41, 5.74) is 6.64. The SMILES string of the molecule is Cc1ncccc1C(=O)NCCCC/C(N)=N/O. The van der Waals surface area contributed by atoms with Crippen LogP contribution in [0, 0.1) is 6.92 Å². The Morgan fingerprint density at radius 2 is 2.33 bits per heavy atom. The Hall–Kier alpha value is -2.11. The number of pyridine rings is 1. The smallest absolute Gasteiger partial charge is 0.253 e. The number of nitrogens with one attached hydrogen (secondary N) is 1. The molecule has 6 nitrogen and oxygen atoms in total. The standard InChI is InChI=1S/C12H18N4O2/c1-9-10(5-4-8-14-9)12(17)15-7-3-2-6-11(13)16-18/h4-5,8,18H,2-3,6-7H2,1H3,(H2,13,16)(H,15,17). The number of oxime groups is 1. The Labute approximate surface area is 106 Å². The van der Waals surface area contributed by atoms with Crippen LogP contribution in [0.2, 0.25) is 0 Å². The van der Waals surface area contributed by atoms with Crippen LogP contribution < -0.4 is 11.1 Å². The van der Waals surface area contributed by atoms with Crippen LogP contribution in [0.15, 0.2) is 23.5 Å². The van der Waals surface area contributed by atoms with Gasteiger partial charge in [-0.15, -0.1) is 0 Å². The molecule has 0 aliphatic heterocycles. The predicted octanol–water partition coefficient (Wildman–Crippen LogP) is 1.04. The molecule has 0 saturated carbocycles. The van der Waals surface area contributed by atoms with Gasteiger partial charge in [0.25, 0.3) is 5.91 Å². The number of hydrogen-bond acceptors (Lipinski definition) is 4. The van der Waals surface area contributed by atoms with Gasteiger partial charge in [0.05, 0.1) is 5.56 Å². The Balaban J connectivity index is 2.28. The van der Waals surface area contributed by atoms with Gasteiger partial charge in [-0.05, 0) is 31.9 Å². The lowest BCUT2D eigenvalue weighted by Crippen LogP contribution is -2.25. The second-order valence-corrected chi connectivity index (χ2v) is 3.94. The highest BCUT2D eigenvalue weighted by molar-refractivity contribution is 5.95. The monoisotopic (exact) mass is 250 g/mol. The van der Waals surface area contributed by atoms with Crippen LogP contribution in [0.1, 0.15) is 35.3 Å². The molecule has 0 saturated heterocycles. The summed E-state index contributed by atoms with van der Waals surface area (Å²) in [4.78, 5) is 15.8. The van der Waals surface area contributed by atoms with Gasteiger partial charge < -0.3 is 16.3 Å². The molecule has 4 N–H and O–H groups in total. The van der Waals surface area contributed by atoms with Crippen molar-refractivity contribution in [1.82, 2.24) is 10.3 Å². The van der Waals surface area contributed by atoms with E-state index < -0.39 is 0 Å². The molecule has 0 aromatic carbocycles. The van der Waals surface area contributed by atoms with Gasteiger partial charge >= 0.3 is 0 Å². The van der Waals surface area contributed by atoms with E-state index in [2.05, 4.69) is 15.5 Å². The number of nitrogens with zero attached hydrogens (tertiary/aromatic N) is 2. The molecule has 0 aliphatic rings. The molecule has 0 fully saturated rings. The van der Waals surface area contributed by atoms with Gasteiger partial charge in [-0.3, -0.25) is 9.78 Å². The molecule has 1 heterocycles. The van der Waals surface area contributed by atoms with Crippen molar-refractivity contribution in [2.45, 2.75) is 26.2 Å². The summed E-state index contributed by atoms with van der Waals surface area (Å²) in [6.45, 7) is 2.36. The summed E-state index contributed by atoms with van der Waals surface area (Å²) < 4.78 is 0. The second-order valence-electron chi connectivity index (χ2n) is 3.94. The summed E-state index contributed by atoms with van der Waals surface area (Å²) >= 11 is 0. The summed E-state index contributed by atoms with van der Waals surface area (Å²) in [6.07, 6.45) is 3.73. The van der Waals surface area contributed by atoms with Crippen molar-refractivity contribution < 1.29 is 10.0 Å². The van der Waals surface area contributed by atoms with Gasteiger partial charge in [-0.25, -0.2) is 0 Å². The van der Waals surface area contributed by atoms with Gasteiger partial charge in [0.2, 0.25) is 0 Å². The van der Waals surface area contributed by atoms with Gasteiger partial charge in [0, 0.05) is 24.9 Å². The number of nitrogens with two attached hydrogens (primary N) is 1. The topological polar surface area (TPSA) is 101 Å². The van der Waals surface area contributed by atoms with Crippen LogP contribution in [0.5, 0.6) is 0 Å². The summed E-state index contributed by atoms with van der Waals surface area (Å²) in [5, 5.41) is 14.0. The largest absolute Gasteiger partial charge is 0.409 e. The molecule has 0 bridgehead atoms. The molecule has 6 heteroatoms. The van der Waals surface area contributed by atoms with Crippen molar-refractivity contribution in [2.75, 3.05) is 6.54 Å². The highest BCUT2D eigenvalue weighted by Gasteiger charge is 2.07. The maximum Gasteiger partial charge on any atom is 0.253 e. The fourth-order valence-corrected chi connectivity index (χ4v) is 1.50. The van der Waals surface area contributed by atoms with Crippen LogP contribution in [-0.4, -0.2) is 28.5 Å². The highest BCUT2D eigenvalue weighted by Crippen LogP contribution is 2.03. The average Bonchev–Trinajstić information content (AvgIpc) is 2.38. The van der Waals surface area contributed by atoms with E-state index in [4.69, 9.17) is 10.9 Å². The lowest BCUT2D eigenvalue weighted by molar-refractivity contribution is 0.0952. The third-order valence-corrected chi connectivity index (χ3v) is 2.53. The fourth-order valence-electron chi connectivity index (χ4n) is 1.50. The molecule has 98 valence electrons. The van der Waals surface area contributed by atoms with Gasteiger partial charge in [-0.2, -0.15) is 0 Å². The van der Waals surface area contributed by atoms with E-state index in [0.717, 1.165) is 12.8 Å². The normalized spacial score (nSPS) is 11.3. The minimum Gasteiger partial charge on any atom is -0.409 e. The molecular weight excluding hydrogens is 232 g/mol. The first-order chi connectivity index (χ1) is 8.65. The number of amidine groups is 1. The van der Waals surface area contributed by atoms with E-state index in [0.29, 0.717) is 24.2 Å². The molecular formula is C12H18N4O2. The van der Waals surface area contributed by atoms with E-state index in [1.54, 1.807) is 25.3 Å². The lowest BCUT2D eigenvalue weighted by atomic mass is 10.2. The van der Waals surface area contributed by atoms with Crippen LogP contribution >= 0.6 is 0 Å². The maximum absolute atomic E-state index is 11.8. The molecule has 0 spiro atoms. The van der Waals surface area contributed by atoms with Crippen LogP contribution in [0.25, 0.3) is 0 Å². The lowest BCUT2D eigenvalue weighted by Gasteiger charge is -2.06. The molecule has 1 amide bonds. The number of carbonyl (C=O) groups excluding carboxylic acids is 1. The van der Waals surface area contributed by atoms with E-state index >= 15 is 0 Å². The summed E-state index contributed by atoms with van der Waals surface area (Å²) in [5.74, 6) is 0.0915. The minimum atomic E-state index is -0.121. The molecule has 0 aliphatic carbocycles. The zero-order chi connectivity index (χ0) is 13.4.